The topological polar surface area (TPSA) is 32.3 Å². The van der Waals surface area contributed by atoms with Gasteiger partial charge in [0.15, 0.2) is 0 Å². The molecule has 1 aromatic carbocycles. The molecule has 1 fully saturated rings. The van der Waals surface area contributed by atoms with Gasteiger partial charge in [0.2, 0.25) is 0 Å². The van der Waals surface area contributed by atoms with Gasteiger partial charge >= 0.3 is 0 Å². The molecule has 2 nitrogen and oxygen atoms in total. The van der Waals surface area contributed by atoms with Crippen molar-refractivity contribution in [3.05, 3.63) is 28.2 Å². The molecule has 1 heterocycles. The Kier molecular flexibility index (Phi) is 4.55. The molecule has 0 aliphatic carbocycles. The first-order valence-electron chi connectivity index (χ1n) is 5.54. The number of phenolic OH excluding ortho intramolecular Hbond substituents is 1. The Morgan fingerprint density at radius 3 is 3.06 bits per heavy atom. The van der Waals surface area contributed by atoms with Gasteiger partial charge in [0.1, 0.15) is 5.75 Å². The summed E-state index contributed by atoms with van der Waals surface area (Å²) in [6, 6.07) is 6.31. The maximum Gasteiger partial charge on any atom is 0.129 e. The molecule has 1 aliphatic heterocycles. The first-order chi connectivity index (χ1) is 7.75. The van der Waals surface area contributed by atoms with Crippen molar-refractivity contribution in [2.45, 2.75) is 25.4 Å². The summed E-state index contributed by atoms with van der Waals surface area (Å²) in [5, 5.41) is 13.0. The molecule has 0 radical (unpaired) electrons. The van der Waals surface area contributed by atoms with Gasteiger partial charge in [-0.3, -0.25) is 0 Å². The van der Waals surface area contributed by atoms with E-state index >= 15 is 0 Å². The molecule has 0 saturated carbocycles. The number of aromatic hydroxyl groups is 1. The molecule has 1 unspecified atom stereocenters. The Hall–Kier alpha value is -0.190. The van der Waals surface area contributed by atoms with Gasteiger partial charge in [-0.15, -0.1) is 0 Å². The number of nitrogens with one attached hydrogen (secondary N) is 1. The largest absolute Gasteiger partial charge is 0.507 e. The van der Waals surface area contributed by atoms with Crippen LogP contribution >= 0.6 is 27.7 Å². The van der Waals surface area contributed by atoms with Crippen molar-refractivity contribution in [1.82, 2.24) is 5.32 Å². The van der Waals surface area contributed by atoms with Crippen molar-refractivity contribution in [2.75, 3.05) is 11.5 Å². The molecular formula is C12H16BrNOS. The van der Waals surface area contributed by atoms with Crippen molar-refractivity contribution in [3.8, 4) is 5.75 Å². The van der Waals surface area contributed by atoms with Gasteiger partial charge in [-0.2, -0.15) is 11.8 Å². The maximum atomic E-state index is 9.39. The summed E-state index contributed by atoms with van der Waals surface area (Å²) in [4.78, 5) is 0. The molecule has 0 bridgehead atoms. The molecule has 0 aromatic heterocycles. The van der Waals surface area contributed by atoms with Crippen LogP contribution in [-0.4, -0.2) is 22.7 Å². The summed E-state index contributed by atoms with van der Waals surface area (Å²) in [6.07, 6.45) is 2.61. The lowest BCUT2D eigenvalue weighted by molar-refractivity contribution is 0.470. The molecule has 16 heavy (non-hydrogen) atoms. The zero-order chi connectivity index (χ0) is 11.4. The molecule has 1 aromatic rings. The van der Waals surface area contributed by atoms with Crippen molar-refractivity contribution >= 4 is 27.7 Å². The predicted octanol–water partition coefficient (Wildman–Crippen LogP) is 3.14. The van der Waals surface area contributed by atoms with Crippen LogP contribution in [0.25, 0.3) is 0 Å². The van der Waals surface area contributed by atoms with Gasteiger partial charge in [-0.1, -0.05) is 6.07 Å². The summed E-state index contributed by atoms with van der Waals surface area (Å²) in [5.74, 6) is 2.83. The van der Waals surface area contributed by atoms with Crippen LogP contribution in [0.1, 0.15) is 18.4 Å². The van der Waals surface area contributed by atoms with Crippen LogP contribution in [0.15, 0.2) is 22.7 Å². The zero-order valence-corrected chi connectivity index (χ0v) is 11.5. The third-order valence-electron chi connectivity index (χ3n) is 2.77. The molecule has 0 spiro atoms. The highest BCUT2D eigenvalue weighted by atomic mass is 79.9. The highest BCUT2D eigenvalue weighted by Crippen LogP contribution is 2.24. The average Bonchev–Trinajstić information content (AvgIpc) is 2.32. The van der Waals surface area contributed by atoms with E-state index in [2.05, 4.69) is 21.2 Å². The summed E-state index contributed by atoms with van der Waals surface area (Å²) in [7, 11) is 0. The molecule has 2 N–H and O–H groups in total. The van der Waals surface area contributed by atoms with Crippen LogP contribution in [0, 0.1) is 0 Å². The second kappa shape index (κ2) is 5.94. The molecule has 1 aliphatic rings. The molecule has 2 rings (SSSR count). The lowest BCUT2D eigenvalue weighted by atomic mass is 10.1. The fraction of sp³-hybridized carbons (Fsp3) is 0.500. The van der Waals surface area contributed by atoms with Crippen LogP contribution in [0.2, 0.25) is 0 Å². The van der Waals surface area contributed by atoms with Gasteiger partial charge in [0, 0.05) is 18.3 Å². The Morgan fingerprint density at radius 2 is 2.38 bits per heavy atom. The number of phenols is 1. The van der Waals surface area contributed by atoms with Gasteiger partial charge < -0.3 is 10.4 Å². The number of hydrogen-bond donors (Lipinski definition) is 2. The molecule has 4 heteroatoms. The third-order valence-corrected chi connectivity index (χ3v) is 4.62. The van der Waals surface area contributed by atoms with Crippen LogP contribution in [0.3, 0.4) is 0 Å². The lowest BCUT2D eigenvalue weighted by Crippen LogP contribution is -2.33. The van der Waals surface area contributed by atoms with E-state index in [1.165, 1.54) is 29.9 Å². The van der Waals surface area contributed by atoms with E-state index < -0.39 is 0 Å². The smallest absolute Gasteiger partial charge is 0.129 e. The first kappa shape index (κ1) is 12.3. The van der Waals surface area contributed by atoms with Gasteiger partial charge in [-0.05, 0) is 52.2 Å². The van der Waals surface area contributed by atoms with Crippen molar-refractivity contribution in [1.29, 1.82) is 0 Å². The highest BCUT2D eigenvalue weighted by Gasteiger charge is 2.12. The zero-order valence-electron chi connectivity index (χ0n) is 9.08. The summed E-state index contributed by atoms with van der Waals surface area (Å²) >= 11 is 5.36. The normalized spacial score (nSPS) is 20.9. The first-order valence-corrected chi connectivity index (χ1v) is 7.49. The number of benzene rings is 1. The Balaban J connectivity index is 1.86. The average molecular weight is 302 g/mol. The Morgan fingerprint density at radius 1 is 1.50 bits per heavy atom. The second-order valence-electron chi connectivity index (χ2n) is 4.08. The van der Waals surface area contributed by atoms with Gasteiger partial charge in [0.05, 0.1) is 4.47 Å². The minimum Gasteiger partial charge on any atom is -0.507 e. The number of rotatable bonds is 3. The molecule has 1 saturated heterocycles. The molecular weight excluding hydrogens is 286 g/mol. The Bertz CT molecular complexity index is 353. The monoisotopic (exact) mass is 301 g/mol. The highest BCUT2D eigenvalue weighted by molar-refractivity contribution is 9.10. The fourth-order valence-electron chi connectivity index (χ4n) is 1.82. The van der Waals surface area contributed by atoms with E-state index in [9.17, 15) is 5.11 Å². The van der Waals surface area contributed by atoms with E-state index in [0.717, 1.165) is 11.0 Å². The quantitative estimate of drug-likeness (QED) is 0.899. The molecule has 0 amide bonds. The number of thioether (sulfide) groups is 1. The Labute approximate surface area is 109 Å². The minimum atomic E-state index is 0.303. The summed E-state index contributed by atoms with van der Waals surface area (Å²) in [6.45, 7) is 0.879. The fourth-order valence-corrected chi connectivity index (χ4v) is 3.36. The standard InChI is InChI=1S/C12H16BrNOS/c13-11-6-9(3-4-12(11)15)7-14-10-2-1-5-16-8-10/h3-4,6,10,14-15H,1-2,5,7-8H2. The molecule has 1 atom stereocenters. The van der Waals surface area contributed by atoms with Crippen LogP contribution in [0.5, 0.6) is 5.75 Å². The predicted molar refractivity (Wildman–Crippen MR) is 73.0 cm³/mol. The number of halogens is 1. The van der Waals surface area contributed by atoms with Crippen molar-refractivity contribution < 1.29 is 5.11 Å². The van der Waals surface area contributed by atoms with E-state index in [1.807, 2.05) is 23.9 Å². The summed E-state index contributed by atoms with van der Waals surface area (Å²) in [5.41, 5.74) is 1.21. The lowest BCUT2D eigenvalue weighted by Gasteiger charge is -2.22. The molecule has 88 valence electrons. The maximum absolute atomic E-state index is 9.39. The van der Waals surface area contributed by atoms with Crippen LogP contribution in [0.4, 0.5) is 0 Å². The van der Waals surface area contributed by atoms with Crippen LogP contribution in [-0.2, 0) is 6.54 Å². The SMILES string of the molecule is Oc1ccc(CNC2CCCSC2)cc1Br. The minimum absolute atomic E-state index is 0.303. The number of hydrogen-bond acceptors (Lipinski definition) is 3. The summed E-state index contributed by atoms with van der Waals surface area (Å²) < 4.78 is 0.768. The third kappa shape index (κ3) is 3.40. The van der Waals surface area contributed by atoms with E-state index in [0.29, 0.717) is 11.8 Å². The second-order valence-corrected chi connectivity index (χ2v) is 6.08. The van der Waals surface area contributed by atoms with Crippen molar-refractivity contribution in [2.24, 2.45) is 0 Å². The van der Waals surface area contributed by atoms with E-state index in [1.54, 1.807) is 6.07 Å². The van der Waals surface area contributed by atoms with Gasteiger partial charge in [0.25, 0.3) is 0 Å². The van der Waals surface area contributed by atoms with Gasteiger partial charge in [-0.25, -0.2) is 0 Å². The van der Waals surface area contributed by atoms with Crippen LogP contribution < -0.4 is 5.32 Å². The van der Waals surface area contributed by atoms with E-state index in [4.69, 9.17) is 0 Å². The van der Waals surface area contributed by atoms with Crippen molar-refractivity contribution in [3.63, 3.8) is 0 Å². The van der Waals surface area contributed by atoms with E-state index in [-0.39, 0.29) is 0 Å².